The van der Waals surface area contributed by atoms with Gasteiger partial charge in [0.1, 0.15) is 5.76 Å². The summed E-state index contributed by atoms with van der Waals surface area (Å²) in [6.45, 7) is 4.07. The van der Waals surface area contributed by atoms with Gasteiger partial charge in [-0.05, 0) is 19.9 Å². The molecule has 0 spiro atoms. The van der Waals surface area contributed by atoms with Gasteiger partial charge in [0.05, 0.1) is 6.26 Å². The number of hydrogen-bond donors (Lipinski definition) is 0. The van der Waals surface area contributed by atoms with Crippen molar-refractivity contribution < 1.29 is 4.42 Å². The van der Waals surface area contributed by atoms with Crippen molar-refractivity contribution in [2.24, 2.45) is 0 Å². The molecule has 2 aromatic rings. The van der Waals surface area contributed by atoms with E-state index in [-0.39, 0.29) is 0 Å². The quantitative estimate of drug-likeness (QED) is 0.556. The van der Waals surface area contributed by atoms with E-state index in [0.29, 0.717) is 0 Å². The van der Waals surface area contributed by atoms with Crippen molar-refractivity contribution in [2.45, 2.75) is 13.8 Å². The summed E-state index contributed by atoms with van der Waals surface area (Å²) in [5.74, 6) is 1.00. The largest absolute Gasteiger partial charge is 0.468 e. The van der Waals surface area contributed by atoms with Crippen LogP contribution in [0.1, 0.15) is 11.3 Å². The van der Waals surface area contributed by atoms with Gasteiger partial charge in [0.15, 0.2) is 0 Å². The van der Waals surface area contributed by atoms with Crippen LogP contribution in [0.25, 0.3) is 10.8 Å². The lowest BCUT2D eigenvalue weighted by Gasteiger charge is -1.90. The Balaban J connectivity index is 2.86. The van der Waals surface area contributed by atoms with Gasteiger partial charge in [-0.3, -0.25) is 0 Å². The zero-order valence-electron chi connectivity index (χ0n) is 6.72. The van der Waals surface area contributed by atoms with E-state index in [1.54, 1.807) is 6.26 Å². The Morgan fingerprint density at radius 1 is 1.18 bits per heavy atom. The highest BCUT2D eigenvalue weighted by molar-refractivity contribution is 5.84. The molecule has 0 fully saturated rings. The fourth-order valence-corrected chi connectivity index (χ4v) is 1.32. The summed E-state index contributed by atoms with van der Waals surface area (Å²) in [7, 11) is 0. The summed E-state index contributed by atoms with van der Waals surface area (Å²) >= 11 is 0. The lowest BCUT2D eigenvalue weighted by molar-refractivity contribution is 0.540. The predicted octanol–water partition coefficient (Wildman–Crippen LogP) is 3.05. The molecule has 2 rings (SSSR count). The van der Waals surface area contributed by atoms with Crippen LogP contribution in [0.15, 0.2) is 28.9 Å². The Labute approximate surface area is 65.6 Å². The first-order valence-electron chi connectivity index (χ1n) is 3.72. The van der Waals surface area contributed by atoms with Gasteiger partial charge in [-0.15, -0.1) is 0 Å². The maximum atomic E-state index is 5.27. The number of aryl methyl sites for hydroxylation is 2. The van der Waals surface area contributed by atoms with Crippen molar-refractivity contribution in [3.8, 4) is 0 Å². The molecule has 0 aliphatic heterocycles. The minimum Gasteiger partial charge on any atom is -0.468 e. The first kappa shape index (κ1) is 6.47. The van der Waals surface area contributed by atoms with Crippen LogP contribution in [0.5, 0.6) is 0 Å². The van der Waals surface area contributed by atoms with Crippen LogP contribution < -0.4 is 0 Å². The molecule has 0 atom stereocenters. The second kappa shape index (κ2) is 2.12. The molecule has 0 amide bonds. The average Bonchev–Trinajstić information content (AvgIpc) is 2.32. The maximum Gasteiger partial charge on any atom is 0.108 e. The fraction of sp³-hybridized carbons (Fsp3) is 0.200. The molecule has 0 saturated carbocycles. The molecule has 0 aliphatic carbocycles. The van der Waals surface area contributed by atoms with E-state index in [2.05, 4.69) is 25.1 Å². The van der Waals surface area contributed by atoms with Gasteiger partial charge in [0.25, 0.3) is 0 Å². The summed E-state index contributed by atoms with van der Waals surface area (Å²) < 4.78 is 5.27. The topological polar surface area (TPSA) is 13.1 Å². The van der Waals surface area contributed by atoms with Gasteiger partial charge in [0.2, 0.25) is 0 Å². The maximum absolute atomic E-state index is 5.27. The SMILES string of the molecule is Cc1ccc2c(C)occ2c1. The van der Waals surface area contributed by atoms with Crippen molar-refractivity contribution in [2.75, 3.05) is 0 Å². The zero-order valence-corrected chi connectivity index (χ0v) is 6.72. The molecular formula is C10H10O. The van der Waals surface area contributed by atoms with E-state index < -0.39 is 0 Å². The molecule has 1 heterocycles. The van der Waals surface area contributed by atoms with Crippen molar-refractivity contribution >= 4 is 10.8 Å². The van der Waals surface area contributed by atoms with Crippen LogP contribution in [-0.2, 0) is 0 Å². The van der Waals surface area contributed by atoms with Crippen molar-refractivity contribution in [1.29, 1.82) is 0 Å². The summed E-state index contributed by atoms with van der Waals surface area (Å²) in [5, 5.41) is 2.41. The van der Waals surface area contributed by atoms with E-state index in [9.17, 15) is 0 Å². The molecule has 1 aromatic carbocycles. The fourth-order valence-electron chi connectivity index (χ4n) is 1.32. The van der Waals surface area contributed by atoms with Crippen LogP contribution in [0, 0.1) is 13.8 Å². The Morgan fingerprint density at radius 3 is 2.82 bits per heavy atom. The van der Waals surface area contributed by atoms with Crippen molar-refractivity contribution in [3.63, 3.8) is 0 Å². The minimum atomic E-state index is 1.00. The molecule has 0 radical (unpaired) electrons. The third-order valence-electron chi connectivity index (χ3n) is 1.95. The first-order valence-corrected chi connectivity index (χ1v) is 3.72. The lowest BCUT2D eigenvalue weighted by atomic mass is 10.1. The Morgan fingerprint density at radius 2 is 2.00 bits per heavy atom. The highest BCUT2D eigenvalue weighted by atomic mass is 16.3. The van der Waals surface area contributed by atoms with Gasteiger partial charge < -0.3 is 4.42 Å². The van der Waals surface area contributed by atoms with Gasteiger partial charge in [-0.2, -0.15) is 0 Å². The highest BCUT2D eigenvalue weighted by Gasteiger charge is 1.99. The molecule has 0 bridgehead atoms. The van der Waals surface area contributed by atoms with E-state index in [1.807, 2.05) is 6.92 Å². The average molecular weight is 146 g/mol. The van der Waals surface area contributed by atoms with Crippen molar-refractivity contribution in [3.05, 3.63) is 35.8 Å². The van der Waals surface area contributed by atoms with Gasteiger partial charge in [0, 0.05) is 10.8 Å². The third-order valence-corrected chi connectivity index (χ3v) is 1.95. The summed E-state index contributed by atoms with van der Waals surface area (Å²) in [4.78, 5) is 0. The smallest absolute Gasteiger partial charge is 0.108 e. The summed E-state index contributed by atoms with van der Waals surface area (Å²) in [5.41, 5.74) is 1.28. The normalized spacial score (nSPS) is 10.7. The Kier molecular flexibility index (Phi) is 1.25. The van der Waals surface area contributed by atoms with Gasteiger partial charge >= 0.3 is 0 Å². The molecule has 0 saturated heterocycles. The molecule has 1 aromatic heterocycles. The van der Waals surface area contributed by atoms with Crippen LogP contribution in [0.2, 0.25) is 0 Å². The zero-order chi connectivity index (χ0) is 7.84. The van der Waals surface area contributed by atoms with E-state index in [4.69, 9.17) is 4.42 Å². The predicted molar refractivity (Wildman–Crippen MR) is 45.7 cm³/mol. The first-order chi connectivity index (χ1) is 5.27. The van der Waals surface area contributed by atoms with Gasteiger partial charge in [-0.1, -0.05) is 17.7 Å². The second-order valence-corrected chi connectivity index (χ2v) is 2.88. The molecule has 1 heteroatoms. The molecule has 11 heavy (non-hydrogen) atoms. The van der Waals surface area contributed by atoms with Crippen molar-refractivity contribution in [1.82, 2.24) is 0 Å². The molecule has 0 aliphatic rings. The monoisotopic (exact) mass is 146 g/mol. The van der Waals surface area contributed by atoms with Crippen LogP contribution in [0.4, 0.5) is 0 Å². The highest BCUT2D eigenvalue weighted by Crippen LogP contribution is 2.20. The summed E-state index contributed by atoms with van der Waals surface area (Å²) in [6, 6.07) is 6.33. The molecular weight excluding hydrogens is 136 g/mol. The van der Waals surface area contributed by atoms with E-state index >= 15 is 0 Å². The van der Waals surface area contributed by atoms with E-state index in [1.165, 1.54) is 16.3 Å². The Bertz CT molecular complexity index is 385. The lowest BCUT2D eigenvalue weighted by Crippen LogP contribution is -1.70. The number of rotatable bonds is 0. The number of furan rings is 1. The van der Waals surface area contributed by atoms with Crippen LogP contribution in [0.3, 0.4) is 0 Å². The van der Waals surface area contributed by atoms with E-state index in [0.717, 1.165) is 5.76 Å². The molecule has 56 valence electrons. The number of hydrogen-bond acceptors (Lipinski definition) is 1. The number of benzene rings is 1. The minimum absolute atomic E-state index is 1.00. The standard InChI is InChI=1S/C10H10O/c1-7-3-4-10-8(2)11-6-9(10)5-7/h3-6H,1-2H3. The second-order valence-electron chi connectivity index (χ2n) is 2.88. The van der Waals surface area contributed by atoms with Crippen LogP contribution >= 0.6 is 0 Å². The molecule has 0 unspecified atom stereocenters. The number of fused-ring (bicyclic) bond motifs is 1. The van der Waals surface area contributed by atoms with Gasteiger partial charge in [-0.25, -0.2) is 0 Å². The summed E-state index contributed by atoms with van der Waals surface area (Å²) in [6.07, 6.45) is 1.80. The molecule has 1 nitrogen and oxygen atoms in total. The third kappa shape index (κ3) is 0.929. The molecule has 0 N–H and O–H groups in total. The Hall–Kier alpha value is -1.24. The van der Waals surface area contributed by atoms with Crippen LogP contribution in [-0.4, -0.2) is 0 Å².